The van der Waals surface area contributed by atoms with Crippen LogP contribution >= 0.6 is 11.3 Å². The van der Waals surface area contributed by atoms with Crippen LogP contribution in [0.3, 0.4) is 0 Å². The number of nitrogens with zero attached hydrogens (tertiary/aromatic N) is 4. The monoisotopic (exact) mass is 364 g/mol. The molecule has 6 nitrogen and oxygen atoms in total. The smallest absolute Gasteiger partial charge is 0.134 e. The fourth-order valence-electron chi connectivity index (χ4n) is 2.96. The minimum atomic E-state index is -0.197. The third kappa shape index (κ3) is 2.98. The summed E-state index contributed by atoms with van der Waals surface area (Å²) in [6.45, 7) is 0. The van der Waals surface area contributed by atoms with Gasteiger partial charge in [0.2, 0.25) is 0 Å². The zero-order chi connectivity index (χ0) is 17.9. The van der Waals surface area contributed by atoms with Gasteiger partial charge in [0.15, 0.2) is 0 Å². The SMILES string of the molecule is COC(c1cccc(-n2cnc3cc(/C=N/O)ccc32)c1)c1nccs1. The molecule has 0 spiro atoms. The van der Waals surface area contributed by atoms with Crippen molar-refractivity contribution < 1.29 is 9.94 Å². The minimum absolute atomic E-state index is 0.197. The summed E-state index contributed by atoms with van der Waals surface area (Å²) < 4.78 is 7.69. The molecule has 1 unspecified atom stereocenters. The Bertz CT molecular complexity index is 1060. The molecular formula is C19H16N4O2S. The van der Waals surface area contributed by atoms with Crippen LogP contribution < -0.4 is 0 Å². The fraction of sp³-hybridized carbons (Fsp3) is 0.105. The van der Waals surface area contributed by atoms with Crippen LogP contribution in [0.15, 0.2) is 65.5 Å². The van der Waals surface area contributed by atoms with Gasteiger partial charge in [-0.25, -0.2) is 9.97 Å². The molecule has 1 atom stereocenters. The van der Waals surface area contributed by atoms with Gasteiger partial charge in [0.05, 0.1) is 17.2 Å². The van der Waals surface area contributed by atoms with Gasteiger partial charge in [-0.3, -0.25) is 4.57 Å². The van der Waals surface area contributed by atoms with Crippen LogP contribution in [0.1, 0.15) is 22.2 Å². The largest absolute Gasteiger partial charge is 0.411 e. The first-order valence-corrected chi connectivity index (χ1v) is 8.85. The molecule has 4 rings (SSSR count). The van der Waals surface area contributed by atoms with E-state index in [0.29, 0.717) is 0 Å². The zero-order valence-corrected chi connectivity index (χ0v) is 14.8. The molecule has 2 aromatic heterocycles. The summed E-state index contributed by atoms with van der Waals surface area (Å²) in [5.41, 5.74) is 4.62. The Kier molecular flexibility index (Phi) is 4.47. The van der Waals surface area contributed by atoms with Crippen LogP contribution in [0.2, 0.25) is 0 Å². The number of oxime groups is 1. The molecule has 0 radical (unpaired) electrons. The van der Waals surface area contributed by atoms with Crippen molar-refractivity contribution in [1.29, 1.82) is 0 Å². The molecule has 7 heteroatoms. The van der Waals surface area contributed by atoms with Crippen molar-refractivity contribution in [3.63, 3.8) is 0 Å². The highest BCUT2D eigenvalue weighted by Crippen LogP contribution is 2.29. The third-order valence-corrected chi connectivity index (χ3v) is 4.96. The molecule has 4 aromatic rings. The second kappa shape index (κ2) is 7.07. The fourth-order valence-corrected chi connectivity index (χ4v) is 3.70. The molecule has 0 aliphatic carbocycles. The molecule has 0 amide bonds. The van der Waals surface area contributed by atoms with E-state index in [1.165, 1.54) is 6.21 Å². The van der Waals surface area contributed by atoms with E-state index < -0.39 is 0 Å². The maximum absolute atomic E-state index is 8.69. The van der Waals surface area contributed by atoms with Gasteiger partial charge in [0.25, 0.3) is 0 Å². The van der Waals surface area contributed by atoms with Gasteiger partial charge < -0.3 is 9.94 Å². The average Bonchev–Trinajstić information content (AvgIpc) is 3.33. The highest BCUT2D eigenvalue weighted by atomic mass is 32.1. The van der Waals surface area contributed by atoms with E-state index in [1.807, 2.05) is 46.3 Å². The molecule has 130 valence electrons. The van der Waals surface area contributed by atoms with E-state index in [1.54, 1.807) is 31.0 Å². The Morgan fingerprint density at radius 1 is 1.23 bits per heavy atom. The summed E-state index contributed by atoms with van der Waals surface area (Å²) in [6, 6.07) is 13.9. The van der Waals surface area contributed by atoms with Crippen molar-refractivity contribution in [2.45, 2.75) is 6.10 Å². The van der Waals surface area contributed by atoms with E-state index in [4.69, 9.17) is 9.94 Å². The van der Waals surface area contributed by atoms with Crippen molar-refractivity contribution in [2.75, 3.05) is 7.11 Å². The van der Waals surface area contributed by atoms with Gasteiger partial charge in [0.1, 0.15) is 17.4 Å². The second-order valence-corrected chi connectivity index (χ2v) is 6.61. The Morgan fingerprint density at radius 2 is 2.15 bits per heavy atom. The van der Waals surface area contributed by atoms with Crippen molar-refractivity contribution >= 4 is 28.6 Å². The van der Waals surface area contributed by atoms with Gasteiger partial charge in [-0.2, -0.15) is 0 Å². The first-order chi connectivity index (χ1) is 12.8. The van der Waals surface area contributed by atoms with Gasteiger partial charge in [-0.05, 0) is 35.4 Å². The molecule has 2 aromatic carbocycles. The van der Waals surface area contributed by atoms with E-state index in [2.05, 4.69) is 21.2 Å². The summed E-state index contributed by atoms with van der Waals surface area (Å²) in [5, 5.41) is 14.6. The van der Waals surface area contributed by atoms with Crippen LogP contribution in [-0.4, -0.2) is 33.1 Å². The highest BCUT2D eigenvalue weighted by molar-refractivity contribution is 7.09. The average molecular weight is 364 g/mol. The Morgan fingerprint density at radius 3 is 2.92 bits per heavy atom. The molecule has 26 heavy (non-hydrogen) atoms. The number of methoxy groups -OCH3 is 1. The lowest BCUT2D eigenvalue weighted by atomic mass is 10.1. The van der Waals surface area contributed by atoms with Gasteiger partial charge in [-0.1, -0.05) is 23.4 Å². The lowest BCUT2D eigenvalue weighted by molar-refractivity contribution is 0.136. The van der Waals surface area contributed by atoms with E-state index in [0.717, 1.165) is 32.9 Å². The van der Waals surface area contributed by atoms with E-state index in [9.17, 15) is 0 Å². The number of hydrogen-bond donors (Lipinski definition) is 1. The number of ether oxygens (including phenoxy) is 1. The second-order valence-electron chi connectivity index (χ2n) is 5.69. The number of fused-ring (bicyclic) bond motifs is 1. The Balaban J connectivity index is 1.76. The van der Waals surface area contributed by atoms with E-state index >= 15 is 0 Å². The summed E-state index contributed by atoms with van der Waals surface area (Å²) >= 11 is 1.57. The van der Waals surface area contributed by atoms with Crippen molar-refractivity contribution in [3.05, 3.63) is 76.5 Å². The summed E-state index contributed by atoms with van der Waals surface area (Å²) in [5.74, 6) is 0. The molecule has 0 bridgehead atoms. The highest BCUT2D eigenvalue weighted by Gasteiger charge is 2.17. The predicted octanol–water partition coefficient (Wildman–Crippen LogP) is 4.03. The summed E-state index contributed by atoms with van der Waals surface area (Å²) in [7, 11) is 1.69. The lowest BCUT2D eigenvalue weighted by Gasteiger charge is -2.14. The lowest BCUT2D eigenvalue weighted by Crippen LogP contribution is -2.04. The molecule has 0 aliphatic heterocycles. The Hall–Kier alpha value is -3.03. The zero-order valence-electron chi connectivity index (χ0n) is 14.0. The minimum Gasteiger partial charge on any atom is -0.411 e. The number of aromatic nitrogens is 3. The Labute approximate surface area is 154 Å². The number of thiazole rings is 1. The van der Waals surface area contributed by atoms with Crippen molar-refractivity contribution in [1.82, 2.24) is 14.5 Å². The van der Waals surface area contributed by atoms with Crippen LogP contribution in [0.25, 0.3) is 16.7 Å². The number of imidazole rings is 1. The maximum Gasteiger partial charge on any atom is 0.134 e. The van der Waals surface area contributed by atoms with Crippen LogP contribution in [0.4, 0.5) is 0 Å². The maximum atomic E-state index is 8.69. The molecule has 0 saturated heterocycles. The first-order valence-electron chi connectivity index (χ1n) is 7.97. The number of hydrogen-bond acceptors (Lipinski definition) is 6. The molecule has 0 aliphatic rings. The number of benzene rings is 2. The predicted molar refractivity (Wildman–Crippen MR) is 101 cm³/mol. The molecule has 0 saturated carbocycles. The number of rotatable bonds is 5. The first kappa shape index (κ1) is 16.4. The summed E-state index contributed by atoms with van der Waals surface area (Å²) in [6.07, 6.45) is 4.76. The van der Waals surface area contributed by atoms with Crippen LogP contribution in [0.5, 0.6) is 0 Å². The normalized spacial score (nSPS) is 12.8. The quantitative estimate of drug-likeness (QED) is 0.330. The van der Waals surface area contributed by atoms with Gasteiger partial charge in [0, 0.05) is 24.4 Å². The summed E-state index contributed by atoms with van der Waals surface area (Å²) in [4.78, 5) is 8.84. The molecular weight excluding hydrogens is 348 g/mol. The molecule has 2 heterocycles. The van der Waals surface area contributed by atoms with Crippen LogP contribution in [-0.2, 0) is 4.74 Å². The van der Waals surface area contributed by atoms with Gasteiger partial charge in [-0.15, -0.1) is 11.3 Å². The van der Waals surface area contributed by atoms with E-state index in [-0.39, 0.29) is 6.10 Å². The third-order valence-electron chi connectivity index (χ3n) is 4.14. The van der Waals surface area contributed by atoms with Crippen molar-refractivity contribution in [2.24, 2.45) is 5.16 Å². The van der Waals surface area contributed by atoms with Crippen LogP contribution in [0, 0.1) is 0 Å². The molecule has 0 fully saturated rings. The van der Waals surface area contributed by atoms with Gasteiger partial charge >= 0.3 is 0 Å². The van der Waals surface area contributed by atoms with Crippen molar-refractivity contribution in [3.8, 4) is 5.69 Å². The molecule has 1 N–H and O–H groups in total. The topological polar surface area (TPSA) is 72.5 Å². The standard InChI is InChI=1S/C19H16N4O2S/c1-25-18(19-20-7-8-26-19)14-3-2-4-15(10-14)23-12-21-16-9-13(11-22-24)5-6-17(16)23/h2-12,18,24H,1H3/b22-11+.